The number of hydrogen-bond donors (Lipinski definition) is 1. The first-order valence-electron chi connectivity index (χ1n) is 11.9. The second-order valence-corrected chi connectivity index (χ2v) is 10.3. The molecule has 2 atom stereocenters. The van der Waals surface area contributed by atoms with Crippen LogP contribution in [-0.4, -0.2) is 47.2 Å². The van der Waals surface area contributed by atoms with Crippen molar-refractivity contribution in [2.45, 2.75) is 24.1 Å². The standard InChI is InChI=1S/C28H25ClN4O4S/c1-36-21-10-6-17(7-11-21)23-15-24(18-8-12-22(37-2)13-9-18)33(32-23)28-31-27(35)25(38-28)16-26(34)30-20-5-3-4-19(29)14-20/h3-14,24-25H,15-16H2,1-2H3,(H,30,34). The van der Waals surface area contributed by atoms with Gasteiger partial charge in [0.05, 0.1) is 26.0 Å². The quantitative estimate of drug-likeness (QED) is 0.417. The SMILES string of the molecule is COc1ccc(C2=NN(C3=NC(=O)C(CC(=O)Nc4cccc(Cl)c4)S3)C(c3ccc(OC)cc3)C2)cc1. The summed E-state index contributed by atoms with van der Waals surface area (Å²) in [6.07, 6.45) is 0.603. The maximum absolute atomic E-state index is 12.8. The van der Waals surface area contributed by atoms with E-state index in [4.69, 9.17) is 26.2 Å². The number of anilines is 1. The second kappa shape index (κ2) is 11.3. The number of rotatable bonds is 7. The maximum Gasteiger partial charge on any atom is 0.262 e. The third kappa shape index (κ3) is 5.69. The lowest BCUT2D eigenvalue weighted by Gasteiger charge is -2.23. The fourth-order valence-electron chi connectivity index (χ4n) is 4.28. The lowest BCUT2D eigenvalue weighted by molar-refractivity contribution is -0.121. The number of halogens is 1. The zero-order valence-corrected chi connectivity index (χ0v) is 22.3. The molecule has 5 rings (SSSR count). The molecule has 10 heteroatoms. The van der Waals surface area contributed by atoms with Crippen LogP contribution in [0.4, 0.5) is 5.69 Å². The summed E-state index contributed by atoms with van der Waals surface area (Å²) >= 11 is 7.26. The molecule has 2 unspecified atom stereocenters. The maximum atomic E-state index is 12.8. The lowest BCUT2D eigenvalue weighted by Crippen LogP contribution is -2.25. The number of carbonyl (C=O) groups is 2. The average Bonchev–Trinajstić information content (AvgIpc) is 3.52. The highest BCUT2D eigenvalue weighted by Crippen LogP contribution is 2.39. The molecule has 194 valence electrons. The van der Waals surface area contributed by atoms with Crippen molar-refractivity contribution in [3.63, 3.8) is 0 Å². The predicted octanol–water partition coefficient (Wildman–Crippen LogP) is 5.54. The molecule has 0 spiro atoms. The number of hydrogen-bond acceptors (Lipinski definition) is 7. The van der Waals surface area contributed by atoms with Crippen LogP contribution in [0.25, 0.3) is 0 Å². The van der Waals surface area contributed by atoms with Gasteiger partial charge >= 0.3 is 0 Å². The van der Waals surface area contributed by atoms with Crippen LogP contribution in [0.5, 0.6) is 11.5 Å². The molecule has 3 aromatic rings. The number of nitrogens with zero attached hydrogens (tertiary/aromatic N) is 3. The molecule has 0 radical (unpaired) electrons. The Morgan fingerprint density at radius 2 is 1.74 bits per heavy atom. The minimum Gasteiger partial charge on any atom is -0.497 e. The minimum atomic E-state index is -0.638. The number of benzene rings is 3. The fourth-order valence-corrected chi connectivity index (χ4v) is 5.53. The second-order valence-electron chi connectivity index (χ2n) is 8.71. The monoisotopic (exact) mass is 548 g/mol. The largest absolute Gasteiger partial charge is 0.497 e. The minimum absolute atomic E-state index is 0.0148. The number of carbonyl (C=O) groups excluding carboxylic acids is 2. The molecule has 1 N–H and O–H groups in total. The Hall–Kier alpha value is -3.82. The predicted molar refractivity (Wildman–Crippen MR) is 150 cm³/mol. The molecule has 0 aliphatic carbocycles. The molecule has 2 amide bonds. The molecule has 2 aliphatic rings. The number of aliphatic imine (C=N–C) groups is 1. The topological polar surface area (TPSA) is 92.6 Å². The van der Waals surface area contributed by atoms with Gasteiger partial charge in [0.1, 0.15) is 16.7 Å². The molecular formula is C28H25ClN4O4S. The van der Waals surface area contributed by atoms with Gasteiger partial charge in [-0.3, -0.25) is 9.59 Å². The number of ether oxygens (including phenoxy) is 2. The van der Waals surface area contributed by atoms with E-state index in [2.05, 4.69) is 10.3 Å². The Morgan fingerprint density at radius 3 is 2.39 bits per heavy atom. The van der Waals surface area contributed by atoms with Gasteiger partial charge in [0.2, 0.25) is 5.91 Å². The van der Waals surface area contributed by atoms with Crippen LogP contribution >= 0.6 is 23.4 Å². The molecule has 2 heterocycles. The van der Waals surface area contributed by atoms with Crippen LogP contribution < -0.4 is 14.8 Å². The van der Waals surface area contributed by atoms with Gasteiger partial charge in [-0.2, -0.15) is 10.1 Å². The molecule has 0 aromatic heterocycles. The van der Waals surface area contributed by atoms with E-state index in [-0.39, 0.29) is 24.3 Å². The van der Waals surface area contributed by atoms with Gasteiger partial charge < -0.3 is 14.8 Å². The van der Waals surface area contributed by atoms with Crippen molar-refractivity contribution in [3.05, 3.63) is 88.9 Å². The molecule has 3 aromatic carbocycles. The molecule has 38 heavy (non-hydrogen) atoms. The molecule has 0 bridgehead atoms. The van der Waals surface area contributed by atoms with Crippen molar-refractivity contribution >= 4 is 51.7 Å². The fraction of sp³-hybridized carbons (Fsp3) is 0.214. The number of methoxy groups -OCH3 is 2. The first-order chi connectivity index (χ1) is 18.4. The number of thioether (sulfide) groups is 1. The molecule has 8 nitrogen and oxygen atoms in total. The summed E-state index contributed by atoms with van der Waals surface area (Å²) in [7, 11) is 3.25. The molecule has 0 saturated heterocycles. The number of hydrazone groups is 1. The highest BCUT2D eigenvalue weighted by Gasteiger charge is 2.39. The number of amides is 2. The van der Waals surface area contributed by atoms with Crippen molar-refractivity contribution in [2.24, 2.45) is 10.1 Å². The summed E-state index contributed by atoms with van der Waals surface area (Å²) in [6, 6.07) is 22.2. The van der Waals surface area contributed by atoms with E-state index in [9.17, 15) is 9.59 Å². The van der Waals surface area contributed by atoms with E-state index in [0.29, 0.717) is 22.3 Å². The van der Waals surface area contributed by atoms with E-state index in [1.807, 2.05) is 48.5 Å². The van der Waals surface area contributed by atoms with Crippen molar-refractivity contribution in [3.8, 4) is 11.5 Å². The van der Waals surface area contributed by atoms with E-state index < -0.39 is 5.25 Å². The van der Waals surface area contributed by atoms with Crippen LogP contribution in [0.3, 0.4) is 0 Å². The molecule has 0 saturated carbocycles. The summed E-state index contributed by atoms with van der Waals surface area (Å²) in [6.45, 7) is 0. The van der Waals surface area contributed by atoms with Crippen LogP contribution in [-0.2, 0) is 9.59 Å². The van der Waals surface area contributed by atoms with Crippen molar-refractivity contribution in [2.75, 3.05) is 19.5 Å². The average molecular weight is 549 g/mol. The van der Waals surface area contributed by atoms with Gasteiger partial charge in [-0.25, -0.2) is 5.01 Å². The van der Waals surface area contributed by atoms with Gasteiger partial charge in [-0.05, 0) is 65.7 Å². The molecule has 2 aliphatic heterocycles. The third-order valence-electron chi connectivity index (χ3n) is 6.24. The molecular weight excluding hydrogens is 524 g/mol. The van der Waals surface area contributed by atoms with E-state index in [0.717, 1.165) is 28.3 Å². The smallest absolute Gasteiger partial charge is 0.262 e. The van der Waals surface area contributed by atoms with E-state index >= 15 is 0 Å². The summed E-state index contributed by atoms with van der Waals surface area (Å²) in [5.74, 6) is 0.872. The van der Waals surface area contributed by atoms with Crippen LogP contribution in [0.1, 0.15) is 30.0 Å². The Balaban J connectivity index is 1.36. The highest BCUT2D eigenvalue weighted by molar-refractivity contribution is 8.15. The summed E-state index contributed by atoms with van der Waals surface area (Å²) in [5, 5.41) is 9.82. The van der Waals surface area contributed by atoms with Gasteiger partial charge in [0, 0.05) is 23.6 Å². The third-order valence-corrected chi connectivity index (χ3v) is 7.62. The highest BCUT2D eigenvalue weighted by atomic mass is 35.5. The Labute approximate surface area is 229 Å². The van der Waals surface area contributed by atoms with Crippen LogP contribution in [0, 0.1) is 0 Å². The van der Waals surface area contributed by atoms with E-state index in [1.165, 1.54) is 11.8 Å². The van der Waals surface area contributed by atoms with Crippen molar-refractivity contribution in [1.82, 2.24) is 5.01 Å². The number of nitrogens with one attached hydrogen (secondary N) is 1. The van der Waals surface area contributed by atoms with Crippen LogP contribution in [0.15, 0.2) is 82.9 Å². The first kappa shape index (κ1) is 25.8. The van der Waals surface area contributed by atoms with Crippen molar-refractivity contribution < 1.29 is 19.1 Å². The van der Waals surface area contributed by atoms with Gasteiger partial charge in [-0.1, -0.05) is 41.6 Å². The van der Waals surface area contributed by atoms with Crippen molar-refractivity contribution in [1.29, 1.82) is 0 Å². The summed E-state index contributed by atoms with van der Waals surface area (Å²) < 4.78 is 10.6. The summed E-state index contributed by atoms with van der Waals surface area (Å²) in [5.41, 5.74) is 3.41. The normalized spacial score (nSPS) is 18.7. The van der Waals surface area contributed by atoms with Gasteiger partial charge in [-0.15, -0.1) is 0 Å². The van der Waals surface area contributed by atoms with E-state index in [1.54, 1.807) is 43.5 Å². The number of amidine groups is 1. The zero-order chi connectivity index (χ0) is 26.6. The first-order valence-corrected chi connectivity index (χ1v) is 13.2. The van der Waals surface area contributed by atoms with Gasteiger partial charge in [0.25, 0.3) is 5.91 Å². The van der Waals surface area contributed by atoms with Gasteiger partial charge in [0.15, 0.2) is 5.17 Å². The Kier molecular flexibility index (Phi) is 7.67. The Morgan fingerprint density at radius 1 is 1.05 bits per heavy atom. The zero-order valence-electron chi connectivity index (χ0n) is 20.8. The summed E-state index contributed by atoms with van der Waals surface area (Å²) in [4.78, 5) is 29.8. The molecule has 0 fully saturated rings. The lowest BCUT2D eigenvalue weighted by atomic mass is 9.98. The Bertz CT molecular complexity index is 1410. The van der Waals surface area contributed by atoms with Crippen LogP contribution in [0.2, 0.25) is 5.02 Å².